The molecule has 5 nitrogen and oxygen atoms in total. The standard InChI is InChI=1S/C11H18N2O3.C4H10.Na.H3P/c1-4-6-7(3)11(5-2)8(14)12-10(16)13-9(11)15;1-3-4-2;;/h7H,4-6H2,1-3H3,(H2,12,13,14,15,16);3-4H2,1-2H3;;1H3/q;;+1;/p-1. The van der Waals surface area contributed by atoms with Crippen LogP contribution in [0.15, 0.2) is 4.99 Å². The topological polar surface area (TPSA) is 81.6 Å². The average Bonchev–Trinajstić information content (AvgIpc) is 2.39. The van der Waals surface area contributed by atoms with Crippen molar-refractivity contribution in [2.75, 3.05) is 0 Å². The fourth-order valence-electron chi connectivity index (χ4n) is 2.30. The maximum Gasteiger partial charge on any atom is 1.00 e. The number of amidine groups is 1. The van der Waals surface area contributed by atoms with Gasteiger partial charge in [0.1, 0.15) is 5.41 Å². The molecule has 0 radical (unpaired) electrons. The van der Waals surface area contributed by atoms with Gasteiger partial charge in [-0.1, -0.05) is 53.9 Å². The van der Waals surface area contributed by atoms with Crippen molar-refractivity contribution in [1.82, 2.24) is 5.32 Å². The van der Waals surface area contributed by atoms with E-state index >= 15 is 0 Å². The molecule has 0 aliphatic carbocycles. The molecule has 3 unspecified atom stereocenters. The van der Waals surface area contributed by atoms with Gasteiger partial charge in [-0.3, -0.25) is 9.59 Å². The molecule has 124 valence electrons. The van der Waals surface area contributed by atoms with Crippen LogP contribution < -0.4 is 40.0 Å². The van der Waals surface area contributed by atoms with Crippen molar-refractivity contribution in [2.45, 2.75) is 66.7 Å². The van der Waals surface area contributed by atoms with E-state index in [1.807, 2.05) is 13.8 Å². The molecule has 1 aliphatic heterocycles. The normalized spacial score (nSPS) is 21.2. The van der Waals surface area contributed by atoms with Crippen LogP contribution in [0.5, 0.6) is 0 Å². The molecular formula is C15H30N2NaO3P. The van der Waals surface area contributed by atoms with Gasteiger partial charge in [0.25, 0.3) is 5.91 Å². The van der Waals surface area contributed by atoms with Crippen molar-refractivity contribution in [3.8, 4) is 0 Å². The summed E-state index contributed by atoms with van der Waals surface area (Å²) in [5, 5.41) is 13.1. The summed E-state index contributed by atoms with van der Waals surface area (Å²) in [5.74, 6) is -1.20. The second-order valence-corrected chi connectivity index (χ2v) is 5.19. The summed E-state index contributed by atoms with van der Waals surface area (Å²) in [7, 11) is 0. The smallest absolute Gasteiger partial charge is 0.846 e. The molecule has 1 rings (SSSR count). The first-order valence-corrected chi connectivity index (χ1v) is 7.52. The van der Waals surface area contributed by atoms with E-state index in [0.29, 0.717) is 6.42 Å². The summed E-state index contributed by atoms with van der Waals surface area (Å²) < 4.78 is 0. The zero-order valence-electron chi connectivity index (χ0n) is 15.0. The third kappa shape index (κ3) is 6.66. The van der Waals surface area contributed by atoms with Crippen LogP contribution in [0.4, 0.5) is 0 Å². The van der Waals surface area contributed by atoms with Gasteiger partial charge < -0.3 is 10.4 Å². The Morgan fingerprint density at radius 1 is 1.14 bits per heavy atom. The first-order valence-electron chi connectivity index (χ1n) is 7.52. The molecule has 0 bridgehead atoms. The Morgan fingerprint density at radius 3 is 1.95 bits per heavy atom. The van der Waals surface area contributed by atoms with Gasteiger partial charge >= 0.3 is 29.6 Å². The molecule has 0 aromatic carbocycles. The van der Waals surface area contributed by atoms with Crippen molar-refractivity contribution in [3.05, 3.63) is 0 Å². The van der Waals surface area contributed by atoms with Gasteiger partial charge in [-0.05, 0) is 18.8 Å². The van der Waals surface area contributed by atoms with E-state index in [9.17, 15) is 14.7 Å². The van der Waals surface area contributed by atoms with Gasteiger partial charge in [0, 0.05) is 0 Å². The number of hydrogen-bond acceptors (Lipinski definition) is 3. The van der Waals surface area contributed by atoms with Crippen molar-refractivity contribution >= 4 is 27.7 Å². The van der Waals surface area contributed by atoms with E-state index in [-0.39, 0.29) is 45.4 Å². The maximum absolute atomic E-state index is 11.9. The summed E-state index contributed by atoms with van der Waals surface area (Å²) >= 11 is 0. The monoisotopic (exact) mass is 340 g/mol. The number of carbonyl (C=O) groups excluding carboxylic acids is 2. The molecule has 0 saturated carbocycles. The van der Waals surface area contributed by atoms with Crippen LogP contribution in [-0.2, 0) is 9.59 Å². The summed E-state index contributed by atoms with van der Waals surface area (Å²) in [6.07, 6.45) is 4.66. The van der Waals surface area contributed by atoms with Gasteiger partial charge in [0.15, 0.2) is 0 Å². The first kappa shape index (κ1) is 26.9. The Balaban J connectivity index is -0.000000538. The van der Waals surface area contributed by atoms with Crippen LogP contribution in [0.3, 0.4) is 0 Å². The average molecular weight is 340 g/mol. The Bertz CT molecular complexity index is 376. The van der Waals surface area contributed by atoms with Crippen LogP contribution in [0.1, 0.15) is 66.7 Å². The minimum atomic E-state index is -1.15. The maximum atomic E-state index is 11.9. The van der Waals surface area contributed by atoms with E-state index in [4.69, 9.17) is 0 Å². The largest absolute Gasteiger partial charge is 1.00 e. The zero-order valence-corrected chi connectivity index (χ0v) is 18.4. The third-order valence-corrected chi connectivity index (χ3v) is 3.83. The van der Waals surface area contributed by atoms with E-state index in [1.165, 1.54) is 12.8 Å². The number of hydrogen-bond donors (Lipinski definition) is 1. The van der Waals surface area contributed by atoms with Gasteiger partial charge in [-0.25, -0.2) is 4.99 Å². The summed E-state index contributed by atoms with van der Waals surface area (Å²) in [4.78, 5) is 27.1. The number of amides is 2. The number of unbranched alkanes of at least 4 members (excludes halogenated alkanes) is 1. The third-order valence-electron chi connectivity index (χ3n) is 3.83. The van der Waals surface area contributed by atoms with Crippen LogP contribution in [0, 0.1) is 11.3 Å². The summed E-state index contributed by atoms with van der Waals surface area (Å²) in [6.45, 7) is 9.98. The number of rotatable bonds is 5. The molecule has 1 heterocycles. The van der Waals surface area contributed by atoms with Gasteiger partial charge in [0.2, 0.25) is 5.91 Å². The van der Waals surface area contributed by atoms with E-state index in [0.717, 1.165) is 12.8 Å². The Hall–Kier alpha value is 0.0400. The molecule has 0 aromatic heterocycles. The van der Waals surface area contributed by atoms with Gasteiger partial charge in [0.05, 0.1) is 6.02 Å². The zero-order chi connectivity index (χ0) is 15.8. The van der Waals surface area contributed by atoms with E-state index in [2.05, 4.69) is 24.2 Å². The molecule has 1 N–H and O–H groups in total. The molecule has 1 aliphatic rings. The fraction of sp³-hybridized carbons (Fsp3) is 0.800. The Morgan fingerprint density at radius 2 is 1.64 bits per heavy atom. The molecule has 0 spiro atoms. The van der Waals surface area contributed by atoms with Crippen LogP contribution in [0.25, 0.3) is 0 Å². The molecule has 7 heteroatoms. The number of aliphatic imine (C=N–C) groups is 1. The van der Waals surface area contributed by atoms with E-state index in [1.54, 1.807) is 6.92 Å². The first-order chi connectivity index (χ1) is 9.40. The molecule has 3 atom stereocenters. The summed E-state index contributed by atoms with van der Waals surface area (Å²) in [6, 6.07) is -0.845. The quantitative estimate of drug-likeness (QED) is 0.398. The predicted molar refractivity (Wildman–Crippen MR) is 89.1 cm³/mol. The second kappa shape index (κ2) is 13.5. The molecule has 22 heavy (non-hydrogen) atoms. The number of nitrogens with one attached hydrogen (secondary N) is 1. The van der Waals surface area contributed by atoms with Crippen LogP contribution in [0.2, 0.25) is 0 Å². The van der Waals surface area contributed by atoms with Crippen molar-refractivity contribution < 1.29 is 44.3 Å². The SMILES string of the molecule is CCCC.CCCC(C)C1(CC)C(=O)N=C([O-])NC1=O.P.[Na+]. The molecule has 0 fully saturated rings. The predicted octanol–water partition coefficient (Wildman–Crippen LogP) is -0.940. The van der Waals surface area contributed by atoms with Crippen molar-refractivity contribution in [1.29, 1.82) is 0 Å². The van der Waals surface area contributed by atoms with Crippen LogP contribution in [-0.4, -0.2) is 17.8 Å². The molecule has 2 amide bonds. The summed E-state index contributed by atoms with van der Waals surface area (Å²) in [5.41, 5.74) is -1.15. The van der Waals surface area contributed by atoms with Crippen LogP contribution >= 0.6 is 9.90 Å². The minimum Gasteiger partial charge on any atom is -0.846 e. The molecular weight excluding hydrogens is 310 g/mol. The Labute approximate surface area is 160 Å². The van der Waals surface area contributed by atoms with Gasteiger partial charge in [-0.2, -0.15) is 9.90 Å². The minimum absolute atomic E-state index is 0. The van der Waals surface area contributed by atoms with Crippen molar-refractivity contribution in [3.63, 3.8) is 0 Å². The second-order valence-electron chi connectivity index (χ2n) is 5.19. The fourth-order valence-corrected chi connectivity index (χ4v) is 2.30. The number of nitrogens with zero attached hydrogens (tertiary/aromatic N) is 1. The molecule has 0 saturated heterocycles. The number of carbonyl (C=O) groups is 2. The Kier molecular flexibility index (Phi) is 16.5. The van der Waals surface area contributed by atoms with E-state index < -0.39 is 23.3 Å². The van der Waals surface area contributed by atoms with Crippen molar-refractivity contribution in [2.24, 2.45) is 16.3 Å². The van der Waals surface area contributed by atoms with Gasteiger partial charge in [-0.15, -0.1) is 0 Å². The molecule has 0 aromatic rings.